The maximum Gasteiger partial charge on any atom is 0.147 e. The Morgan fingerprint density at radius 2 is 2.39 bits per heavy atom. The van der Waals surface area contributed by atoms with E-state index in [9.17, 15) is 0 Å². The average molecular weight is 263 g/mol. The van der Waals surface area contributed by atoms with Gasteiger partial charge in [0.2, 0.25) is 0 Å². The molecule has 0 amide bonds. The van der Waals surface area contributed by atoms with Gasteiger partial charge in [-0.1, -0.05) is 0 Å². The van der Waals surface area contributed by atoms with Crippen molar-refractivity contribution in [1.82, 2.24) is 19.7 Å². The first-order chi connectivity index (χ1) is 8.79. The van der Waals surface area contributed by atoms with Crippen molar-refractivity contribution in [3.05, 3.63) is 34.0 Å². The second-order valence-electron chi connectivity index (χ2n) is 4.63. The van der Waals surface area contributed by atoms with Crippen LogP contribution in [0.3, 0.4) is 0 Å². The van der Waals surface area contributed by atoms with Gasteiger partial charge in [-0.05, 0) is 23.9 Å². The monoisotopic (exact) mass is 263 g/mol. The summed E-state index contributed by atoms with van der Waals surface area (Å²) in [6.07, 6.45) is 1.81. The van der Waals surface area contributed by atoms with Crippen molar-refractivity contribution in [3.63, 3.8) is 0 Å². The van der Waals surface area contributed by atoms with Crippen LogP contribution in [0.2, 0.25) is 0 Å². The summed E-state index contributed by atoms with van der Waals surface area (Å²) in [6, 6.07) is 2.46. The first-order valence-corrected chi connectivity index (χ1v) is 7.02. The summed E-state index contributed by atoms with van der Waals surface area (Å²) in [6.45, 7) is 5.59. The van der Waals surface area contributed by atoms with E-state index in [-0.39, 0.29) is 0 Å². The second kappa shape index (κ2) is 4.79. The van der Waals surface area contributed by atoms with E-state index < -0.39 is 0 Å². The number of rotatable bonds is 3. The highest BCUT2D eigenvalue weighted by atomic mass is 32.1. The largest absolute Gasteiger partial charge is 0.329 e. The Balaban J connectivity index is 1.84. The minimum absolute atomic E-state index is 0.301. The van der Waals surface area contributed by atoms with E-state index in [4.69, 9.17) is 5.73 Å². The van der Waals surface area contributed by atoms with Gasteiger partial charge in [-0.2, -0.15) is 0 Å². The van der Waals surface area contributed by atoms with Gasteiger partial charge in [0.15, 0.2) is 0 Å². The summed E-state index contributed by atoms with van der Waals surface area (Å²) in [4.78, 5) is 3.79. The Hall–Kier alpha value is -1.24. The standard InChI is InChI=1S/C12H17N5S/c1-9-2-5-18-12(9)10(6-13)16-3-4-17-8-14-15-11(17)7-16/h2,5,8,10H,3-4,6-7,13H2,1H3. The van der Waals surface area contributed by atoms with Crippen molar-refractivity contribution in [3.8, 4) is 0 Å². The lowest BCUT2D eigenvalue weighted by atomic mass is 10.1. The normalized spacial score (nSPS) is 17.7. The SMILES string of the molecule is Cc1ccsc1C(CN)N1CCn2cnnc2C1. The van der Waals surface area contributed by atoms with Crippen molar-refractivity contribution in [2.45, 2.75) is 26.1 Å². The number of hydrogen-bond acceptors (Lipinski definition) is 5. The van der Waals surface area contributed by atoms with E-state index in [1.54, 1.807) is 17.7 Å². The fourth-order valence-corrected chi connectivity index (χ4v) is 3.57. The van der Waals surface area contributed by atoms with Gasteiger partial charge in [0.25, 0.3) is 0 Å². The van der Waals surface area contributed by atoms with Gasteiger partial charge < -0.3 is 10.3 Å². The summed E-state index contributed by atoms with van der Waals surface area (Å²) in [7, 11) is 0. The van der Waals surface area contributed by atoms with Gasteiger partial charge in [-0.15, -0.1) is 21.5 Å². The van der Waals surface area contributed by atoms with Crippen LogP contribution in [0.25, 0.3) is 0 Å². The maximum atomic E-state index is 5.98. The highest BCUT2D eigenvalue weighted by molar-refractivity contribution is 7.10. The first kappa shape index (κ1) is 11.8. The molecule has 0 saturated heterocycles. The van der Waals surface area contributed by atoms with Gasteiger partial charge in [0.1, 0.15) is 12.2 Å². The lowest BCUT2D eigenvalue weighted by molar-refractivity contribution is 0.158. The van der Waals surface area contributed by atoms with Gasteiger partial charge >= 0.3 is 0 Å². The Labute approximate surface area is 110 Å². The van der Waals surface area contributed by atoms with Crippen LogP contribution in [0.5, 0.6) is 0 Å². The van der Waals surface area contributed by atoms with Crippen LogP contribution in [0, 0.1) is 6.92 Å². The van der Waals surface area contributed by atoms with Gasteiger partial charge in [0.05, 0.1) is 12.6 Å². The van der Waals surface area contributed by atoms with E-state index >= 15 is 0 Å². The van der Waals surface area contributed by atoms with Gasteiger partial charge in [0, 0.05) is 24.5 Å². The topological polar surface area (TPSA) is 60.0 Å². The van der Waals surface area contributed by atoms with Crippen LogP contribution in [0.4, 0.5) is 0 Å². The third kappa shape index (κ3) is 1.96. The lowest BCUT2D eigenvalue weighted by Gasteiger charge is -2.33. The third-order valence-corrected chi connectivity index (χ3v) is 4.66. The van der Waals surface area contributed by atoms with E-state index in [1.807, 2.05) is 0 Å². The molecular formula is C12H17N5S. The van der Waals surface area contributed by atoms with Crippen molar-refractivity contribution in [2.75, 3.05) is 13.1 Å². The number of thiophene rings is 1. The zero-order valence-corrected chi connectivity index (χ0v) is 11.2. The zero-order valence-electron chi connectivity index (χ0n) is 10.4. The molecule has 3 heterocycles. The Kier molecular flexibility index (Phi) is 3.15. The number of nitrogens with two attached hydrogens (primary N) is 1. The van der Waals surface area contributed by atoms with E-state index in [2.05, 4.69) is 38.0 Å². The molecule has 1 aliphatic heterocycles. The lowest BCUT2D eigenvalue weighted by Crippen LogP contribution is -2.39. The number of nitrogens with zero attached hydrogens (tertiary/aromatic N) is 4. The maximum absolute atomic E-state index is 5.98. The van der Waals surface area contributed by atoms with Crippen molar-refractivity contribution < 1.29 is 0 Å². The predicted molar refractivity (Wildman–Crippen MR) is 71.3 cm³/mol. The molecule has 0 bridgehead atoms. The zero-order chi connectivity index (χ0) is 12.5. The molecule has 2 aromatic heterocycles. The fraction of sp³-hybridized carbons (Fsp3) is 0.500. The summed E-state index contributed by atoms with van der Waals surface area (Å²) in [5, 5.41) is 10.3. The summed E-state index contributed by atoms with van der Waals surface area (Å²) in [5.41, 5.74) is 7.32. The molecular weight excluding hydrogens is 246 g/mol. The minimum Gasteiger partial charge on any atom is -0.329 e. The molecule has 0 saturated carbocycles. The van der Waals surface area contributed by atoms with Crippen molar-refractivity contribution in [2.24, 2.45) is 5.73 Å². The van der Waals surface area contributed by atoms with E-state index in [0.29, 0.717) is 12.6 Å². The Bertz CT molecular complexity index is 532. The summed E-state index contributed by atoms with van der Waals surface area (Å²) >= 11 is 1.79. The Morgan fingerprint density at radius 3 is 3.11 bits per heavy atom. The molecule has 0 spiro atoms. The Morgan fingerprint density at radius 1 is 1.50 bits per heavy atom. The molecule has 1 unspecified atom stereocenters. The molecule has 0 radical (unpaired) electrons. The van der Waals surface area contributed by atoms with Gasteiger partial charge in [-0.25, -0.2) is 0 Å². The van der Waals surface area contributed by atoms with Crippen LogP contribution in [0.15, 0.2) is 17.8 Å². The third-order valence-electron chi connectivity index (χ3n) is 3.54. The van der Waals surface area contributed by atoms with E-state index in [0.717, 1.165) is 25.5 Å². The quantitative estimate of drug-likeness (QED) is 0.903. The number of hydrogen-bond donors (Lipinski definition) is 1. The highest BCUT2D eigenvalue weighted by Gasteiger charge is 2.26. The molecule has 0 fully saturated rings. The predicted octanol–water partition coefficient (Wildman–Crippen LogP) is 1.16. The van der Waals surface area contributed by atoms with E-state index in [1.165, 1.54) is 10.4 Å². The van der Waals surface area contributed by atoms with Crippen LogP contribution >= 0.6 is 11.3 Å². The smallest absolute Gasteiger partial charge is 0.147 e. The molecule has 2 aromatic rings. The van der Waals surface area contributed by atoms with Gasteiger partial charge in [-0.3, -0.25) is 4.90 Å². The summed E-state index contributed by atoms with van der Waals surface area (Å²) in [5.74, 6) is 1.04. The molecule has 1 aliphatic rings. The molecule has 6 heteroatoms. The first-order valence-electron chi connectivity index (χ1n) is 6.14. The van der Waals surface area contributed by atoms with Crippen LogP contribution in [-0.4, -0.2) is 32.8 Å². The van der Waals surface area contributed by atoms with Crippen molar-refractivity contribution >= 4 is 11.3 Å². The van der Waals surface area contributed by atoms with Crippen LogP contribution in [0.1, 0.15) is 22.3 Å². The molecule has 18 heavy (non-hydrogen) atoms. The average Bonchev–Trinajstić information content (AvgIpc) is 2.99. The molecule has 5 nitrogen and oxygen atoms in total. The minimum atomic E-state index is 0.301. The van der Waals surface area contributed by atoms with Crippen molar-refractivity contribution in [1.29, 1.82) is 0 Å². The number of aryl methyl sites for hydroxylation is 1. The summed E-state index contributed by atoms with van der Waals surface area (Å²) < 4.78 is 2.12. The fourth-order valence-electron chi connectivity index (χ4n) is 2.50. The second-order valence-corrected chi connectivity index (χ2v) is 5.58. The highest BCUT2D eigenvalue weighted by Crippen LogP contribution is 2.30. The molecule has 2 N–H and O–H groups in total. The molecule has 96 valence electrons. The molecule has 0 aromatic carbocycles. The molecule has 0 aliphatic carbocycles. The number of aromatic nitrogens is 3. The van der Waals surface area contributed by atoms with Crippen LogP contribution < -0.4 is 5.73 Å². The molecule has 1 atom stereocenters. The number of fused-ring (bicyclic) bond motifs is 1. The van der Waals surface area contributed by atoms with Crippen LogP contribution in [-0.2, 0) is 13.1 Å². The molecule has 3 rings (SSSR count).